The van der Waals surface area contributed by atoms with Gasteiger partial charge in [0.05, 0.1) is 7.11 Å². The van der Waals surface area contributed by atoms with Crippen LogP contribution < -0.4 is 4.74 Å². The number of hydrogen-bond acceptors (Lipinski definition) is 2. The van der Waals surface area contributed by atoms with Crippen molar-refractivity contribution in [1.82, 2.24) is 0 Å². The summed E-state index contributed by atoms with van der Waals surface area (Å²) in [4.78, 5) is 10.7. The maximum absolute atomic E-state index is 13.4. The molecule has 1 aromatic rings. The summed E-state index contributed by atoms with van der Waals surface area (Å²) in [7, 11) is 1.29. The van der Waals surface area contributed by atoms with E-state index in [-0.39, 0.29) is 23.5 Å². The number of halogens is 2. The van der Waals surface area contributed by atoms with E-state index in [0.29, 0.717) is 0 Å². The van der Waals surface area contributed by atoms with Crippen molar-refractivity contribution in [3.05, 3.63) is 29.3 Å². The number of Topliss-reactive ketones (excluding diaryl/α,β-unsaturated/α-hetero) is 1. The highest BCUT2D eigenvalue weighted by Crippen LogP contribution is 2.23. The normalized spacial score (nSPS) is 9.12. The average Bonchev–Trinajstić information content (AvgIpc) is 2.27. The third-order valence-electron chi connectivity index (χ3n) is 1.80. The van der Waals surface area contributed by atoms with Gasteiger partial charge in [-0.25, -0.2) is 8.78 Å². The number of ketones is 1. The van der Waals surface area contributed by atoms with Crippen LogP contribution in [0.25, 0.3) is 0 Å². The van der Waals surface area contributed by atoms with Crippen molar-refractivity contribution in [2.75, 3.05) is 7.11 Å². The molecule has 16 heavy (non-hydrogen) atoms. The Bertz CT molecular complexity index is 362. The Morgan fingerprint density at radius 1 is 1.31 bits per heavy atom. The van der Waals surface area contributed by atoms with Crippen molar-refractivity contribution in [1.29, 1.82) is 0 Å². The average molecular weight is 230 g/mol. The molecule has 1 aromatic carbocycles. The molecule has 0 heterocycles. The van der Waals surface area contributed by atoms with Gasteiger partial charge in [-0.1, -0.05) is 13.8 Å². The van der Waals surface area contributed by atoms with Gasteiger partial charge in [0.2, 0.25) is 0 Å². The van der Waals surface area contributed by atoms with Gasteiger partial charge in [-0.05, 0) is 19.1 Å². The van der Waals surface area contributed by atoms with E-state index in [1.807, 2.05) is 13.8 Å². The highest BCUT2D eigenvalue weighted by molar-refractivity contribution is 5.78. The second kappa shape index (κ2) is 6.93. The van der Waals surface area contributed by atoms with E-state index in [1.54, 1.807) is 0 Å². The lowest BCUT2D eigenvalue weighted by Gasteiger charge is -2.06. The molecule has 0 saturated heterocycles. The molecule has 2 nitrogen and oxygen atoms in total. The van der Waals surface area contributed by atoms with E-state index in [1.165, 1.54) is 20.1 Å². The van der Waals surface area contributed by atoms with Crippen molar-refractivity contribution >= 4 is 5.78 Å². The minimum atomic E-state index is -0.803. The summed E-state index contributed by atoms with van der Waals surface area (Å²) < 4.78 is 31.1. The van der Waals surface area contributed by atoms with Crippen LogP contribution in [0.2, 0.25) is 0 Å². The SMILES string of the molecule is CC.COc1ccc(F)c(CC(C)=O)c1F. The number of methoxy groups -OCH3 is 1. The Hall–Kier alpha value is -1.45. The Balaban J connectivity index is 0.00000106. The maximum Gasteiger partial charge on any atom is 0.171 e. The van der Waals surface area contributed by atoms with Crippen LogP contribution in [0.3, 0.4) is 0 Å². The molecule has 0 aromatic heterocycles. The summed E-state index contributed by atoms with van der Waals surface area (Å²) in [5, 5.41) is 0. The standard InChI is InChI=1S/C10H10F2O2.C2H6/c1-6(13)5-7-8(11)3-4-9(14-2)10(7)12;1-2/h3-4H,5H2,1-2H3;1-2H3. The van der Waals surface area contributed by atoms with Gasteiger partial charge in [-0.3, -0.25) is 4.79 Å². The first-order chi connectivity index (χ1) is 7.56. The Morgan fingerprint density at radius 3 is 2.31 bits per heavy atom. The molecule has 0 saturated carbocycles. The molecule has 0 unspecified atom stereocenters. The molecule has 0 N–H and O–H groups in total. The van der Waals surface area contributed by atoms with Gasteiger partial charge in [0.25, 0.3) is 0 Å². The molecule has 4 heteroatoms. The van der Waals surface area contributed by atoms with Crippen molar-refractivity contribution < 1.29 is 18.3 Å². The van der Waals surface area contributed by atoms with Crippen molar-refractivity contribution in [2.45, 2.75) is 27.2 Å². The van der Waals surface area contributed by atoms with Crippen LogP contribution in [-0.4, -0.2) is 12.9 Å². The molecular formula is C12H16F2O2. The van der Waals surface area contributed by atoms with Crippen LogP contribution in [0.1, 0.15) is 26.3 Å². The Labute approximate surface area is 94.2 Å². The number of benzene rings is 1. The first-order valence-corrected chi connectivity index (χ1v) is 5.06. The lowest BCUT2D eigenvalue weighted by molar-refractivity contribution is -0.116. The second-order valence-corrected chi connectivity index (χ2v) is 2.92. The molecule has 0 atom stereocenters. The predicted molar refractivity (Wildman–Crippen MR) is 58.6 cm³/mol. The molecule has 0 aliphatic heterocycles. The molecular weight excluding hydrogens is 214 g/mol. The van der Waals surface area contributed by atoms with E-state index in [0.717, 1.165) is 6.07 Å². The number of rotatable bonds is 3. The van der Waals surface area contributed by atoms with Crippen molar-refractivity contribution in [2.24, 2.45) is 0 Å². The third kappa shape index (κ3) is 3.61. The van der Waals surface area contributed by atoms with Crippen LogP contribution in [0.5, 0.6) is 5.75 Å². The summed E-state index contributed by atoms with van der Waals surface area (Å²) in [6, 6.07) is 2.27. The fourth-order valence-corrected chi connectivity index (χ4v) is 1.14. The van der Waals surface area contributed by atoms with Gasteiger partial charge in [0.1, 0.15) is 11.6 Å². The number of ether oxygens (including phenoxy) is 1. The maximum atomic E-state index is 13.4. The van der Waals surface area contributed by atoms with Crippen LogP contribution >= 0.6 is 0 Å². The Morgan fingerprint density at radius 2 is 1.88 bits per heavy atom. The largest absolute Gasteiger partial charge is 0.494 e. The molecule has 90 valence electrons. The summed E-state index contributed by atoms with van der Waals surface area (Å²) in [5.41, 5.74) is -0.239. The van der Waals surface area contributed by atoms with E-state index in [2.05, 4.69) is 4.74 Å². The van der Waals surface area contributed by atoms with Gasteiger partial charge in [-0.2, -0.15) is 0 Å². The zero-order chi connectivity index (χ0) is 12.7. The van der Waals surface area contributed by atoms with Crippen LogP contribution in [0, 0.1) is 11.6 Å². The number of hydrogen-bond donors (Lipinski definition) is 0. The van der Waals surface area contributed by atoms with Gasteiger partial charge in [-0.15, -0.1) is 0 Å². The lowest BCUT2D eigenvalue weighted by Crippen LogP contribution is -2.04. The topological polar surface area (TPSA) is 26.3 Å². The van der Waals surface area contributed by atoms with Crippen LogP contribution in [0.15, 0.2) is 12.1 Å². The van der Waals surface area contributed by atoms with Crippen molar-refractivity contribution in [3.8, 4) is 5.75 Å². The van der Waals surface area contributed by atoms with Gasteiger partial charge < -0.3 is 4.74 Å². The minimum Gasteiger partial charge on any atom is -0.494 e. The van der Waals surface area contributed by atoms with Crippen molar-refractivity contribution in [3.63, 3.8) is 0 Å². The molecule has 0 amide bonds. The van der Waals surface area contributed by atoms with E-state index >= 15 is 0 Å². The summed E-state index contributed by atoms with van der Waals surface area (Å²) in [6.07, 6.45) is -0.255. The number of carbonyl (C=O) groups is 1. The molecule has 0 aliphatic rings. The summed E-state index contributed by atoms with van der Waals surface area (Å²) in [5.74, 6) is -1.88. The first kappa shape index (κ1) is 14.6. The fourth-order valence-electron chi connectivity index (χ4n) is 1.14. The third-order valence-corrected chi connectivity index (χ3v) is 1.80. The second-order valence-electron chi connectivity index (χ2n) is 2.92. The molecule has 0 fully saturated rings. The monoisotopic (exact) mass is 230 g/mol. The molecule has 0 bridgehead atoms. The highest BCUT2D eigenvalue weighted by atomic mass is 19.1. The van der Waals surface area contributed by atoms with E-state index < -0.39 is 11.6 Å². The van der Waals surface area contributed by atoms with Crippen LogP contribution in [0.4, 0.5) is 8.78 Å². The molecule has 0 aliphatic carbocycles. The minimum absolute atomic E-state index is 0.0531. The van der Waals surface area contributed by atoms with E-state index in [4.69, 9.17) is 0 Å². The van der Waals surface area contributed by atoms with E-state index in [9.17, 15) is 13.6 Å². The summed E-state index contributed by atoms with van der Waals surface area (Å²) in [6.45, 7) is 5.28. The first-order valence-electron chi connectivity index (χ1n) is 5.06. The van der Waals surface area contributed by atoms with Crippen LogP contribution in [-0.2, 0) is 11.2 Å². The smallest absolute Gasteiger partial charge is 0.171 e. The quantitative estimate of drug-likeness (QED) is 0.797. The van der Waals surface area contributed by atoms with Gasteiger partial charge in [0, 0.05) is 12.0 Å². The fraction of sp³-hybridized carbons (Fsp3) is 0.417. The Kier molecular flexibility index (Phi) is 6.30. The highest BCUT2D eigenvalue weighted by Gasteiger charge is 2.15. The zero-order valence-electron chi connectivity index (χ0n) is 9.93. The molecule has 0 radical (unpaired) electrons. The van der Waals surface area contributed by atoms with Gasteiger partial charge >= 0.3 is 0 Å². The molecule has 1 rings (SSSR count). The zero-order valence-corrected chi connectivity index (χ0v) is 9.93. The number of carbonyl (C=O) groups excluding carboxylic acids is 1. The molecule has 0 spiro atoms. The predicted octanol–water partition coefficient (Wildman–Crippen LogP) is 3.13. The summed E-state index contributed by atoms with van der Waals surface area (Å²) >= 11 is 0. The van der Waals surface area contributed by atoms with Gasteiger partial charge in [0.15, 0.2) is 11.6 Å². The lowest BCUT2D eigenvalue weighted by atomic mass is 10.1.